The zero-order valence-electron chi connectivity index (χ0n) is 14.0. The molecule has 5 rings (SSSR count). The third-order valence-corrected chi connectivity index (χ3v) is 5.15. The van der Waals surface area contributed by atoms with E-state index in [1.807, 2.05) is 24.3 Å². The van der Waals surface area contributed by atoms with Crippen LogP contribution in [0.25, 0.3) is 10.8 Å². The van der Waals surface area contributed by atoms with Crippen LogP contribution in [0.5, 0.6) is 5.75 Å². The Kier molecular flexibility index (Phi) is 3.16. The number of carbonyl (C=O) groups excluding carboxylic acids is 1. The second kappa shape index (κ2) is 5.42. The molecule has 2 aromatic carbocycles. The summed E-state index contributed by atoms with van der Waals surface area (Å²) in [7, 11) is 0. The van der Waals surface area contributed by atoms with Gasteiger partial charge in [0.05, 0.1) is 29.9 Å². The third kappa shape index (κ3) is 2.37. The molecule has 2 aliphatic rings. The topological polar surface area (TPSA) is 86.3 Å². The number of fused-ring (bicyclic) bond motifs is 2. The fourth-order valence-corrected chi connectivity index (χ4v) is 3.55. The summed E-state index contributed by atoms with van der Waals surface area (Å²) in [6, 6.07) is 10.9. The van der Waals surface area contributed by atoms with Crippen LogP contribution in [0.2, 0.25) is 0 Å². The fourth-order valence-electron chi connectivity index (χ4n) is 3.55. The number of carbonyl (C=O) groups is 1. The second-order valence-corrected chi connectivity index (χ2v) is 7.03. The number of aromatic hydroxyl groups is 1. The fraction of sp³-hybridized carbons (Fsp3) is 0.250. The summed E-state index contributed by atoms with van der Waals surface area (Å²) >= 11 is 0. The number of aromatic nitrogens is 2. The molecule has 1 fully saturated rings. The number of nitrogens with one attached hydrogen (secondary N) is 1. The van der Waals surface area contributed by atoms with Crippen LogP contribution in [0, 0.1) is 0 Å². The van der Waals surface area contributed by atoms with E-state index in [0.717, 1.165) is 29.4 Å². The number of aromatic amines is 1. The van der Waals surface area contributed by atoms with E-state index in [1.165, 1.54) is 0 Å². The Morgan fingerprint density at radius 3 is 2.62 bits per heavy atom. The first-order valence-corrected chi connectivity index (χ1v) is 8.73. The molecular weight excluding hydrogens is 330 g/mol. The molecule has 1 saturated carbocycles. The van der Waals surface area contributed by atoms with Gasteiger partial charge < -0.3 is 15.0 Å². The highest BCUT2D eigenvalue weighted by Gasteiger charge is 2.32. The summed E-state index contributed by atoms with van der Waals surface area (Å²) in [6.07, 6.45) is 2.10. The molecular formula is C20H17N3O3. The van der Waals surface area contributed by atoms with Gasteiger partial charge in [0.1, 0.15) is 11.6 Å². The Balaban J connectivity index is 1.49. The number of H-pyrrole nitrogens is 1. The van der Waals surface area contributed by atoms with Gasteiger partial charge in [0.15, 0.2) is 0 Å². The highest BCUT2D eigenvalue weighted by molar-refractivity contribution is 6.01. The maximum absolute atomic E-state index is 12.9. The molecule has 1 aromatic heterocycles. The largest absolute Gasteiger partial charge is 0.507 e. The molecule has 0 atom stereocenters. The van der Waals surface area contributed by atoms with E-state index in [-0.39, 0.29) is 29.3 Å². The van der Waals surface area contributed by atoms with Gasteiger partial charge in [0.25, 0.3) is 11.5 Å². The minimum atomic E-state index is -0.293. The predicted molar refractivity (Wildman–Crippen MR) is 96.0 cm³/mol. The number of phenols is 1. The minimum absolute atomic E-state index is 0.0507. The standard InChI is InChI=1S/C20H17N3O3/c24-17-8-13-4-2-1-3-12(13)7-14(17)20(26)23-9-15-16(10-23)21-18(11-5-6-11)22-19(15)25/h1-4,7-8,11,24H,5-6,9-10H2,(H,21,22,25). The summed E-state index contributed by atoms with van der Waals surface area (Å²) in [5, 5.41) is 12.1. The number of hydrogen-bond acceptors (Lipinski definition) is 4. The van der Waals surface area contributed by atoms with Crippen molar-refractivity contribution in [3.05, 3.63) is 69.4 Å². The lowest BCUT2D eigenvalue weighted by Gasteiger charge is -2.16. The van der Waals surface area contributed by atoms with Gasteiger partial charge >= 0.3 is 0 Å². The molecule has 0 radical (unpaired) electrons. The number of rotatable bonds is 2. The van der Waals surface area contributed by atoms with Gasteiger partial charge in [0.2, 0.25) is 0 Å². The monoisotopic (exact) mass is 347 g/mol. The Morgan fingerprint density at radius 2 is 1.88 bits per heavy atom. The zero-order chi connectivity index (χ0) is 17.8. The van der Waals surface area contributed by atoms with E-state index in [2.05, 4.69) is 9.97 Å². The molecule has 26 heavy (non-hydrogen) atoms. The van der Waals surface area contributed by atoms with E-state index in [4.69, 9.17) is 0 Å². The van der Waals surface area contributed by atoms with Crippen LogP contribution in [0.1, 0.15) is 46.2 Å². The number of amides is 1. The number of phenolic OH excluding ortho intramolecular Hbond substituents is 1. The maximum Gasteiger partial charge on any atom is 0.258 e. The molecule has 6 nitrogen and oxygen atoms in total. The molecule has 0 bridgehead atoms. The molecule has 2 heterocycles. The Labute approximate surface area is 149 Å². The molecule has 0 saturated heterocycles. The molecule has 0 spiro atoms. The molecule has 3 aromatic rings. The number of nitrogens with zero attached hydrogens (tertiary/aromatic N) is 2. The highest BCUT2D eigenvalue weighted by Crippen LogP contribution is 2.38. The van der Waals surface area contributed by atoms with Gasteiger partial charge in [0, 0.05) is 5.92 Å². The van der Waals surface area contributed by atoms with Crippen molar-refractivity contribution >= 4 is 16.7 Å². The van der Waals surface area contributed by atoms with Gasteiger partial charge in [-0.2, -0.15) is 0 Å². The second-order valence-electron chi connectivity index (χ2n) is 7.03. The van der Waals surface area contributed by atoms with Crippen LogP contribution in [0.3, 0.4) is 0 Å². The number of benzene rings is 2. The zero-order valence-corrected chi connectivity index (χ0v) is 14.0. The Hall–Kier alpha value is -3.15. The Morgan fingerprint density at radius 1 is 1.15 bits per heavy atom. The van der Waals surface area contributed by atoms with Crippen molar-refractivity contribution < 1.29 is 9.90 Å². The van der Waals surface area contributed by atoms with E-state index in [9.17, 15) is 14.7 Å². The first-order valence-electron chi connectivity index (χ1n) is 8.73. The van der Waals surface area contributed by atoms with Gasteiger partial charge in [-0.3, -0.25) is 9.59 Å². The van der Waals surface area contributed by atoms with Crippen molar-refractivity contribution in [3.63, 3.8) is 0 Å². The first-order chi connectivity index (χ1) is 12.6. The van der Waals surface area contributed by atoms with Crippen molar-refractivity contribution in [1.29, 1.82) is 0 Å². The average Bonchev–Trinajstić information content (AvgIpc) is 3.39. The van der Waals surface area contributed by atoms with Gasteiger partial charge in [-0.25, -0.2) is 4.98 Å². The van der Waals surface area contributed by atoms with Crippen molar-refractivity contribution in [2.75, 3.05) is 0 Å². The van der Waals surface area contributed by atoms with Crippen LogP contribution in [0.15, 0.2) is 41.2 Å². The third-order valence-electron chi connectivity index (χ3n) is 5.15. The maximum atomic E-state index is 12.9. The van der Waals surface area contributed by atoms with Crippen LogP contribution in [0.4, 0.5) is 0 Å². The van der Waals surface area contributed by atoms with Gasteiger partial charge in [-0.05, 0) is 35.7 Å². The van der Waals surface area contributed by atoms with E-state index in [0.29, 0.717) is 23.7 Å². The molecule has 0 unspecified atom stereocenters. The van der Waals surface area contributed by atoms with Crippen LogP contribution in [-0.4, -0.2) is 25.9 Å². The SMILES string of the molecule is O=C(c1cc2ccccc2cc1O)N1Cc2nc(C3CC3)[nH]c(=O)c2C1. The number of hydrogen-bond donors (Lipinski definition) is 2. The van der Waals surface area contributed by atoms with Crippen LogP contribution >= 0.6 is 0 Å². The lowest BCUT2D eigenvalue weighted by Crippen LogP contribution is -2.26. The average molecular weight is 347 g/mol. The van der Waals surface area contributed by atoms with Crippen LogP contribution < -0.4 is 5.56 Å². The molecule has 6 heteroatoms. The van der Waals surface area contributed by atoms with Crippen molar-refractivity contribution in [3.8, 4) is 5.75 Å². The quantitative estimate of drug-likeness (QED) is 0.746. The molecule has 1 aliphatic heterocycles. The van der Waals surface area contributed by atoms with E-state index < -0.39 is 0 Å². The predicted octanol–water partition coefficient (Wildman–Crippen LogP) is 2.66. The van der Waals surface area contributed by atoms with E-state index >= 15 is 0 Å². The van der Waals surface area contributed by atoms with E-state index in [1.54, 1.807) is 17.0 Å². The summed E-state index contributed by atoms with van der Waals surface area (Å²) < 4.78 is 0. The minimum Gasteiger partial charge on any atom is -0.507 e. The van der Waals surface area contributed by atoms with Crippen LogP contribution in [-0.2, 0) is 13.1 Å². The molecule has 1 amide bonds. The summed E-state index contributed by atoms with van der Waals surface area (Å²) in [5.74, 6) is 0.739. The Bertz CT molecular complexity index is 1110. The normalized spacial score (nSPS) is 16.1. The summed E-state index contributed by atoms with van der Waals surface area (Å²) in [4.78, 5) is 34.3. The lowest BCUT2D eigenvalue weighted by molar-refractivity contribution is 0.0747. The summed E-state index contributed by atoms with van der Waals surface area (Å²) in [6.45, 7) is 0.512. The lowest BCUT2D eigenvalue weighted by atomic mass is 10.1. The molecule has 130 valence electrons. The molecule has 1 aliphatic carbocycles. The first kappa shape index (κ1) is 15.1. The van der Waals surface area contributed by atoms with Gasteiger partial charge in [-0.15, -0.1) is 0 Å². The smallest absolute Gasteiger partial charge is 0.258 e. The highest BCUT2D eigenvalue weighted by atomic mass is 16.3. The molecule has 2 N–H and O–H groups in total. The van der Waals surface area contributed by atoms with Crippen molar-refractivity contribution in [1.82, 2.24) is 14.9 Å². The summed E-state index contributed by atoms with van der Waals surface area (Å²) in [5.41, 5.74) is 1.30. The van der Waals surface area contributed by atoms with Gasteiger partial charge in [-0.1, -0.05) is 24.3 Å². The van der Waals surface area contributed by atoms with Crippen molar-refractivity contribution in [2.45, 2.75) is 31.8 Å². The van der Waals surface area contributed by atoms with Crippen molar-refractivity contribution in [2.24, 2.45) is 0 Å².